The van der Waals surface area contributed by atoms with E-state index >= 15 is 0 Å². The first-order valence-electron chi connectivity index (χ1n) is 7.47. The van der Waals surface area contributed by atoms with Crippen LogP contribution in [0.25, 0.3) is 16.7 Å². The Morgan fingerprint density at radius 2 is 1.92 bits per heavy atom. The van der Waals surface area contributed by atoms with Gasteiger partial charge in [0.15, 0.2) is 5.65 Å². The number of nitrogens with zero attached hydrogens (tertiary/aromatic N) is 4. The molecule has 1 aromatic carbocycles. The number of carbonyl (C=O) groups is 1. The van der Waals surface area contributed by atoms with Gasteiger partial charge in [0.05, 0.1) is 23.0 Å². The third kappa shape index (κ3) is 3.44. The SMILES string of the molecule is CC(C)(C)C(=O)CSc1ncnc2c1cnn2-c1ccc(Cl)cc1. The number of hydrogen-bond donors (Lipinski definition) is 0. The molecular weight excluding hydrogens is 344 g/mol. The third-order valence-electron chi connectivity index (χ3n) is 3.58. The van der Waals surface area contributed by atoms with E-state index in [1.165, 1.54) is 18.1 Å². The van der Waals surface area contributed by atoms with Crippen LogP contribution in [-0.4, -0.2) is 31.3 Å². The molecular formula is C17H17ClN4OS. The van der Waals surface area contributed by atoms with E-state index in [9.17, 15) is 4.79 Å². The Morgan fingerprint density at radius 3 is 2.58 bits per heavy atom. The van der Waals surface area contributed by atoms with Gasteiger partial charge in [0.2, 0.25) is 0 Å². The van der Waals surface area contributed by atoms with E-state index in [2.05, 4.69) is 15.1 Å². The van der Waals surface area contributed by atoms with Gasteiger partial charge < -0.3 is 0 Å². The average Bonchev–Trinajstić information content (AvgIpc) is 2.97. The normalized spacial score (nSPS) is 11.8. The molecule has 0 atom stereocenters. The fraction of sp³-hybridized carbons (Fsp3) is 0.294. The molecule has 0 aliphatic heterocycles. The van der Waals surface area contributed by atoms with Gasteiger partial charge in [0.25, 0.3) is 0 Å². The van der Waals surface area contributed by atoms with Crippen molar-refractivity contribution in [2.75, 3.05) is 5.75 Å². The van der Waals surface area contributed by atoms with Crippen LogP contribution < -0.4 is 0 Å². The fourth-order valence-electron chi connectivity index (χ4n) is 2.06. The maximum absolute atomic E-state index is 12.1. The summed E-state index contributed by atoms with van der Waals surface area (Å²) in [6, 6.07) is 7.38. The highest BCUT2D eigenvalue weighted by Gasteiger charge is 2.22. The number of benzene rings is 1. The molecule has 3 aromatic rings. The number of rotatable bonds is 4. The second-order valence-electron chi connectivity index (χ2n) is 6.41. The van der Waals surface area contributed by atoms with Gasteiger partial charge in [-0.2, -0.15) is 5.10 Å². The highest BCUT2D eigenvalue weighted by molar-refractivity contribution is 8.00. The van der Waals surface area contributed by atoms with Crippen LogP contribution in [0.2, 0.25) is 5.02 Å². The van der Waals surface area contributed by atoms with Crippen LogP contribution in [0.4, 0.5) is 0 Å². The summed E-state index contributed by atoms with van der Waals surface area (Å²) in [5.41, 5.74) is 1.22. The molecule has 2 heterocycles. The zero-order valence-corrected chi connectivity index (χ0v) is 15.2. The molecule has 7 heteroatoms. The summed E-state index contributed by atoms with van der Waals surface area (Å²) in [6.07, 6.45) is 3.23. The molecule has 0 amide bonds. The van der Waals surface area contributed by atoms with Gasteiger partial charge in [-0.15, -0.1) is 0 Å². The van der Waals surface area contributed by atoms with Crippen molar-refractivity contribution in [1.82, 2.24) is 19.7 Å². The molecule has 0 N–H and O–H groups in total. The van der Waals surface area contributed by atoms with Crippen molar-refractivity contribution in [3.63, 3.8) is 0 Å². The average molecular weight is 361 g/mol. The van der Waals surface area contributed by atoms with Crippen LogP contribution in [0.5, 0.6) is 0 Å². The number of Topliss-reactive ketones (excluding diaryl/α,β-unsaturated/α-hetero) is 1. The predicted molar refractivity (Wildman–Crippen MR) is 96.9 cm³/mol. The zero-order valence-electron chi connectivity index (χ0n) is 13.7. The standard InChI is InChI=1S/C17H17ClN4OS/c1-17(2,3)14(23)9-24-16-13-8-21-22(15(13)19-10-20-16)12-6-4-11(18)5-7-12/h4-8,10H,9H2,1-3H3. The lowest BCUT2D eigenvalue weighted by Crippen LogP contribution is -2.22. The first kappa shape index (κ1) is 16.9. The second-order valence-corrected chi connectivity index (χ2v) is 7.81. The summed E-state index contributed by atoms with van der Waals surface area (Å²) in [5.74, 6) is 0.561. The minimum atomic E-state index is -0.355. The molecule has 0 radical (unpaired) electrons. The Morgan fingerprint density at radius 1 is 1.21 bits per heavy atom. The van der Waals surface area contributed by atoms with Crippen LogP contribution >= 0.6 is 23.4 Å². The lowest BCUT2D eigenvalue weighted by molar-refractivity contribution is -0.123. The number of hydrogen-bond acceptors (Lipinski definition) is 5. The van der Waals surface area contributed by atoms with Crippen LogP contribution in [0.3, 0.4) is 0 Å². The van der Waals surface area contributed by atoms with E-state index in [1.807, 2.05) is 45.0 Å². The largest absolute Gasteiger partial charge is 0.298 e. The summed E-state index contributed by atoms with van der Waals surface area (Å²) in [7, 11) is 0. The predicted octanol–water partition coefficient (Wildman–Crippen LogP) is 4.18. The van der Waals surface area contributed by atoms with Crippen LogP contribution in [0.1, 0.15) is 20.8 Å². The molecule has 0 saturated heterocycles. The molecule has 0 aliphatic rings. The molecule has 5 nitrogen and oxygen atoms in total. The Hall–Kier alpha value is -1.92. The number of aromatic nitrogens is 4. The van der Waals surface area contributed by atoms with E-state index in [4.69, 9.17) is 11.6 Å². The summed E-state index contributed by atoms with van der Waals surface area (Å²) in [6.45, 7) is 5.76. The first-order chi connectivity index (χ1) is 11.4. The molecule has 3 rings (SSSR count). The summed E-state index contributed by atoms with van der Waals surface area (Å²) < 4.78 is 1.74. The lowest BCUT2D eigenvalue weighted by Gasteiger charge is -2.15. The van der Waals surface area contributed by atoms with Gasteiger partial charge in [-0.1, -0.05) is 44.1 Å². The monoisotopic (exact) mass is 360 g/mol. The molecule has 2 aromatic heterocycles. The number of carbonyl (C=O) groups excluding carboxylic acids is 1. The van der Waals surface area contributed by atoms with Crippen molar-refractivity contribution in [3.8, 4) is 5.69 Å². The van der Waals surface area contributed by atoms with Gasteiger partial charge in [0, 0.05) is 10.4 Å². The van der Waals surface area contributed by atoms with E-state index in [0.29, 0.717) is 16.4 Å². The topological polar surface area (TPSA) is 60.7 Å². The van der Waals surface area contributed by atoms with E-state index in [1.54, 1.807) is 10.9 Å². The van der Waals surface area contributed by atoms with Crippen molar-refractivity contribution < 1.29 is 4.79 Å². The molecule has 124 valence electrons. The zero-order chi connectivity index (χ0) is 17.3. The molecule has 0 fully saturated rings. The van der Waals surface area contributed by atoms with Gasteiger partial charge >= 0.3 is 0 Å². The minimum Gasteiger partial charge on any atom is -0.298 e. The van der Waals surface area contributed by atoms with E-state index in [0.717, 1.165) is 16.1 Å². The summed E-state index contributed by atoms with van der Waals surface area (Å²) in [4.78, 5) is 20.8. The fourth-order valence-corrected chi connectivity index (χ4v) is 3.31. The Labute approximate surface area is 149 Å². The van der Waals surface area contributed by atoms with E-state index in [-0.39, 0.29) is 11.2 Å². The third-order valence-corrected chi connectivity index (χ3v) is 4.83. The first-order valence-corrected chi connectivity index (χ1v) is 8.83. The van der Waals surface area contributed by atoms with Crippen molar-refractivity contribution in [1.29, 1.82) is 0 Å². The Kier molecular flexibility index (Phi) is 4.60. The smallest absolute Gasteiger partial charge is 0.167 e. The summed E-state index contributed by atoms with van der Waals surface area (Å²) in [5, 5.41) is 6.67. The van der Waals surface area contributed by atoms with Gasteiger partial charge in [-0.25, -0.2) is 14.6 Å². The maximum Gasteiger partial charge on any atom is 0.167 e. The Balaban J connectivity index is 1.92. The number of ketones is 1. The maximum atomic E-state index is 12.1. The quantitative estimate of drug-likeness (QED) is 0.516. The summed E-state index contributed by atoms with van der Waals surface area (Å²) >= 11 is 7.35. The van der Waals surface area contributed by atoms with Gasteiger partial charge in [0.1, 0.15) is 17.1 Å². The minimum absolute atomic E-state index is 0.185. The van der Waals surface area contributed by atoms with Crippen LogP contribution in [0, 0.1) is 5.41 Å². The lowest BCUT2D eigenvalue weighted by atomic mass is 9.92. The highest BCUT2D eigenvalue weighted by atomic mass is 35.5. The highest BCUT2D eigenvalue weighted by Crippen LogP contribution is 2.28. The molecule has 0 spiro atoms. The van der Waals surface area contributed by atoms with Crippen molar-refractivity contribution in [3.05, 3.63) is 41.8 Å². The van der Waals surface area contributed by atoms with Crippen molar-refractivity contribution in [2.24, 2.45) is 5.41 Å². The van der Waals surface area contributed by atoms with Crippen molar-refractivity contribution in [2.45, 2.75) is 25.8 Å². The molecule has 0 unspecified atom stereocenters. The number of fused-ring (bicyclic) bond motifs is 1. The van der Waals surface area contributed by atoms with Crippen molar-refractivity contribution >= 4 is 40.2 Å². The van der Waals surface area contributed by atoms with Gasteiger partial charge in [-0.05, 0) is 24.3 Å². The van der Waals surface area contributed by atoms with Crippen LogP contribution in [0.15, 0.2) is 41.8 Å². The molecule has 0 saturated carbocycles. The van der Waals surface area contributed by atoms with Gasteiger partial charge in [-0.3, -0.25) is 4.79 Å². The van der Waals surface area contributed by atoms with Crippen LogP contribution in [-0.2, 0) is 4.79 Å². The molecule has 0 aliphatic carbocycles. The molecule has 0 bridgehead atoms. The molecule has 24 heavy (non-hydrogen) atoms. The number of halogens is 1. The Bertz CT molecular complexity index is 884. The number of thioether (sulfide) groups is 1. The second kappa shape index (κ2) is 6.53. The van der Waals surface area contributed by atoms with E-state index < -0.39 is 0 Å².